The first-order valence-electron chi connectivity index (χ1n) is 4.50. The van der Waals surface area contributed by atoms with E-state index in [1.807, 2.05) is 13.8 Å². The second-order valence-corrected chi connectivity index (χ2v) is 4.54. The zero-order chi connectivity index (χ0) is 10.3. The highest BCUT2D eigenvalue weighted by Crippen LogP contribution is 2.34. The summed E-state index contributed by atoms with van der Waals surface area (Å²) in [5.41, 5.74) is 0.211. The maximum absolute atomic E-state index is 11.7. The normalized spacial score (nSPS) is 18.6. The van der Waals surface area contributed by atoms with Gasteiger partial charge in [-0.15, -0.1) is 0 Å². The zero-order valence-electron chi connectivity index (χ0n) is 8.13. The maximum atomic E-state index is 11.7. The van der Waals surface area contributed by atoms with E-state index >= 15 is 0 Å². The largest absolute Gasteiger partial charge is 0.487 e. The lowest BCUT2D eigenvalue weighted by Gasteiger charge is -2.31. The molecule has 0 bridgehead atoms. The molecule has 0 spiro atoms. The van der Waals surface area contributed by atoms with E-state index in [0.717, 1.165) is 0 Å². The highest BCUT2D eigenvalue weighted by atomic mass is 35.5. The number of carbonyl (C=O) groups is 1. The third-order valence-electron chi connectivity index (χ3n) is 2.22. The summed E-state index contributed by atoms with van der Waals surface area (Å²) >= 11 is 5.83. The van der Waals surface area contributed by atoms with Crippen LogP contribution in [0.4, 0.5) is 0 Å². The highest BCUT2D eigenvalue weighted by molar-refractivity contribution is 6.30. The third kappa shape index (κ3) is 1.62. The van der Waals surface area contributed by atoms with Crippen LogP contribution >= 0.6 is 11.6 Å². The predicted molar refractivity (Wildman–Crippen MR) is 55.1 cm³/mol. The summed E-state index contributed by atoms with van der Waals surface area (Å²) in [4.78, 5) is 11.7. The molecule has 14 heavy (non-hydrogen) atoms. The Morgan fingerprint density at radius 1 is 1.43 bits per heavy atom. The molecule has 1 aromatic carbocycles. The summed E-state index contributed by atoms with van der Waals surface area (Å²) in [5, 5.41) is 0.592. The van der Waals surface area contributed by atoms with Crippen LogP contribution < -0.4 is 4.74 Å². The average molecular weight is 211 g/mol. The number of hydrogen-bond acceptors (Lipinski definition) is 2. The average Bonchev–Trinajstić information content (AvgIpc) is 2.00. The topological polar surface area (TPSA) is 26.3 Å². The van der Waals surface area contributed by atoms with Gasteiger partial charge in [-0.2, -0.15) is 0 Å². The molecule has 0 amide bonds. The Labute approximate surface area is 87.8 Å². The van der Waals surface area contributed by atoms with Crippen molar-refractivity contribution in [3.63, 3.8) is 0 Å². The maximum Gasteiger partial charge on any atom is 0.170 e. The molecule has 74 valence electrons. The summed E-state index contributed by atoms with van der Waals surface area (Å²) in [5.74, 6) is 0.715. The lowest BCUT2D eigenvalue weighted by Crippen LogP contribution is -2.35. The van der Waals surface area contributed by atoms with Crippen LogP contribution in [-0.4, -0.2) is 11.4 Å². The Bertz CT molecular complexity index is 396. The molecule has 0 atom stereocenters. The van der Waals surface area contributed by atoms with E-state index in [4.69, 9.17) is 16.3 Å². The van der Waals surface area contributed by atoms with Gasteiger partial charge in [-0.25, -0.2) is 0 Å². The summed E-state index contributed by atoms with van der Waals surface area (Å²) in [6.45, 7) is 3.80. The van der Waals surface area contributed by atoms with E-state index in [1.54, 1.807) is 18.2 Å². The van der Waals surface area contributed by atoms with Gasteiger partial charge in [0, 0.05) is 5.02 Å². The van der Waals surface area contributed by atoms with E-state index in [9.17, 15) is 4.79 Å². The fraction of sp³-hybridized carbons (Fsp3) is 0.364. The number of Topliss-reactive ketones (excluding diaryl/α,β-unsaturated/α-hetero) is 1. The van der Waals surface area contributed by atoms with Crippen LogP contribution in [0, 0.1) is 0 Å². The minimum Gasteiger partial charge on any atom is -0.487 e. The molecular formula is C11H11ClO2. The molecule has 2 nitrogen and oxygen atoms in total. The van der Waals surface area contributed by atoms with Gasteiger partial charge in [0.15, 0.2) is 5.78 Å². The van der Waals surface area contributed by atoms with Crippen molar-refractivity contribution in [1.29, 1.82) is 0 Å². The summed E-state index contributed by atoms with van der Waals surface area (Å²) in [6.07, 6.45) is 0.418. The summed E-state index contributed by atoms with van der Waals surface area (Å²) in [6, 6.07) is 5.12. The molecule has 0 radical (unpaired) electrons. The Morgan fingerprint density at radius 2 is 2.14 bits per heavy atom. The number of fused-ring (bicyclic) bond motifs is 1. The fourth-order valence-electron chi connectivity index (χ4n) is 1.63. The van der Waals surface area contributed by atoms with Gasteiger partial charge in [0.2, 0.25) is 0 Å². The Balaban J connectivity index is 2.51. The quantitative estimate of drug-likeness (QED) is 0.658. The van der Waals surface area contributed by atoms with Gasteiger partial charge in [-0.3, -0.25) is 4.79 Å². The molecule has 2 rings (SSSR count). The second kappa shape index (κ2) is 2.99. The van der Waals surface area contributed by atoms with Gasteiger partial charge >= 0.3 is 0 Å². The van der Waals surface area contributed by atoms with Gasteiger partial charge in [0.05, 0.1) is 12.0 Å². The molecule has 0 unspecified atom stereocenters. The Kier molecular flexibility index (Phi) is 2.04. The molecule has 0 aromatic heterocycles. The van der Waals surface area contributed by atoms with Crippen molar-refractivity contribution in [1.82, 2.24) is 0 Å². The van der Waals surface area contributed by atoms with E-state index < -0.39 is 5.60 Å². The number of rotatable bonds is 0. The molecule has 1 aliphatic heterocycles. The number of carbonyl (C=O) groups excluding carboxylic acids is 1. The monoisotopic (exact) mass is 210 g/mol. The third-order valence-corrected chi connectivity index (χ3v) is 2.45. The molecule has 0 saturated heterocycles. The summed E-state index contributed by atoms with van der Waals surface area (Å²) in [7, 11) is 0. The Hall–Kier alpha value is -1.02. The van der Waals surface area contributed by atoms with Crippen molar-refractivity contribution in [2.24, 2.45) is 0 Å². The van der Waals surface area contributed by atoms with Crippen LogP contribution in [0.1, 0.15) is 30.6 Å². The van der Waals surface area contributed by atoms with Crippen molar-refractivity contribution in [3.8, 4) is 5.75 Å². The zero-order valence-corrected chi connectivity index (χ0v) is 8.89. The lowest BCUT2D eigenvalue weighted by molar-refractivity contribution is 0.0620. The van der Waals surface area contributed by atoms with Gasteiger partial charge in [-0.1, -0.05) is 11.6 Å². The van der Waals surface area contributed by atoms with Crippen molar-refractivity contribution < 1.29 is 9.53 Å². The van der Waals surface area contributed by atoms with Crippen LogP contribution in [0.15, 0.2) is 18.2 Å². The fourth-order valence-corrected chi connectivity index (χ4v) is 1.79. The number of halogens is 1. The predicted octanol–water partition coefficient (Wildman–Crippen LogP) is 3.08. The minimum atomic E-state index is -0.422. The van der Waals surface area contributed by atoms with E-state index in [1.165, 1.54) is 0 Å². The van der Waals surface area contributed by atoms with E-state index in [0.29, 0.717) is 22.8 Å². The van der Waals surface area contributed by atoms with Crippen LogP contribution in [0.3, 0.4) is 0 Å². The first-order valence-corrected chi connectivity index (χ1v) is 4.87. The standard InChI is InChI=1S/C11H11ClO2/c1-11(2)6-9(13)8-4-3-7(12)5-10(8)14-11/h3-5H,6H2,1-2H3. The van der Waals surface area contributed by atoms with Crippen LogP contribution in [0.5, 0.6) is 5.75 Å². The van der Waals surface area contributed by atoms with E-state index in [-0.39, 0.29) is 5.78 Å². The molecule has 1 heterocycles. The smallest absolute Gasteiger partial charge is 0.170 e. The minimum absolute atomic E-state index is 0.118. The second-order valence-electron chi connectivity index (χ2n) is 4.10. The first kappa shape index (κ1) is 9.53. The van der Waals surface area contributed by atoms with Crippen LogP contribution in [0.25, 0.3) is 0 Å². The van der Waals surface area contributed by atoms with Gasteiger partial charge in [-0.05, 0) is 32.0 Å². The number of hydrogen-bond donors (Lipinski definition) is 0. The van der Waals surface area contributed by atoms with Crippen molar-refractivity contribution in [2.45, 2.75) is 25.9 Å². The van der Waals surface area contributed by atoms with Crippen LogP contribution in [-0.2, 0) is 0 Å². The SMILES string of the molecule is CC1(C)CC(=O)c2ccc(Cl)cc2O1. The molecule has 0 fully saturated rings. The van der Waals surface area contributed by atoms with Crippen molar-refractivity contribution in [2.75, 3.05) is 0 Å². The highest BCUT2D eigenvalue weighted by Gasteiger charge is 2.32. The first-order chi connectivity index (χ1) is 6.48. The van der Waals surface area contributed by atoms with Crippen molar-refractivity contribution in [3.05, 3.63) is 28.8 Å². The number of ether oxygens (including phenoxy) is 1. The molecule has 1 aromatic rings. The van der Waals surface area contributed by atoms with Gasteiger partial charge in [0.25, 0.3) is 0 Å². The molecule has 0 N–H and O–H groups in total. The van der Waals surface area contributed by atoms with Gasteiger partial charge < -0.3 is 4.74 Å². The molecule has 1 aliphatic rings. The summed E-state index contributed by atoms with van der Waals surface area (Å²) < 4.78 is 5.67. The lowest BCUT2D eigenvalue weighted by atomic mass is 9.93. The molecule has 3 heteroatoms. The van der Waals surface area contributed by atoms with E-state index in [2.05, 4.69) is 0 Å². The number of benzene rings is 1. The molecular weight excluding hydrogens is 200 g/mol. The van der Waals surface area contributed by atoms with Crippen molar-refractivity contribution >= 4 is 17.4 Å². The molecule has 0 aliphatic carbocycles. The van der Waals surface area contributed by atoms with Crippen LogP contribution in [0.2, 0.25) is 5.02 Å². The van der Waals surface area contributed by atoms with Gasteiger partial charge in [0.1, 0.15) is 11.4 Å². The molecule has 0 saturated carbocycles. The Morgan fingerprint density at radius 3 is 2.86 bits per heavy atom. The number of ketones is 1.